The molecule has 4 unspecified atom stereocenters. The van der Waals surface area contributed by atoms with Crippen molar-refractivity contribution in [2.24, 2.45) is 11.8 Å². The first-order chi connectivity index (χ1) is 11.7. The maximum Gasteiger partial charge on any atom is 0.303 e. The molecule has 1 aliphatic carbocycles. The summed E-state index contributed by atoms with van der Waals surface area (Å²) < 4.78 is 12.5. The highest BCUT2D eigenvalue weighted by Gasteiger charge is 2.49. The first-order valence-electron chi connectivity index (χ1n) is 10.2. The van der Waals surface area contributed by atoms with Crippen LogP contribution < -0.4 is 0 Å². The summed E-state index contributed by atoms with van der Waals surface area (Å²) in [5.74, 6) is 0.675. The van der Waals surface area contributed by atoms with Crippen LogP contribution in [0.2, 0.25) is 0 Å². The average Bonchev–Trinajstić information content (AvgIpc) is 3.18. The Bertz CT molecular complexity index is 391. The van der Waals surface area contributed by atoms with E-state index >= 15 is 0 Å². The van der Waals surface area contributed by atoms with E-state index in [1.165, 1.54) is 57.8 Å². The van der Waals surface area contributed by atoms with E-state index in [-0.39, 0.29) is 0 Å². The van der Waals surface area contributed by atoms with Crippen molar-refractivity contribution >= 4 is 5.97 Å². The van der Waals surface area contributed by atoms with Gasteiger partial charge in [0.1, 0.15) is 0 Å². The van der Waals surface area contributed by atoms with Crippen LogP contribution in [0.15, 0.2) is 0 Å². The molecule has 2 aliphatic heterocycles. The zero-order chi connectivity index (χ0) is 16.8. The quantitative estimate of drug-likeness (QED) is 0.594. The van der Waals surface area contributed by atoms with Gasteiger partial charge in [0.25, 0.3) is 0 Å². The SMILES string of the molecule is O=C(O)CCCCCCC1C2CCC(O2)C1OCC1CCCCC1. The predicted molar refractivity (Wildman–Crippen MR) is 93.0 cm³/mol. The minimum atomic E-state index is -0.673. The Morgan fingerprint density at radius 3 is 2.50 bits per heavy atom. The van der Waals surface area contributed by atoms with Gasteiger partial charge in [-0.05, 0) is 44.4 Å². The van der Waals surface area contributed by atoms with Crippen LogP contribution in [-0.4, -0.2) is 36.0 Å². The minimum Gasteiger partial charge on any atom is -0.481 e. The van der Waals surface area contributed by atoms with E-state index in [0.29, 0.717) is 30.7 Å². The van der Waals surface area contributed by atoms with Gasteiger partial charge in [0.2, 0.25) is 0 Å². The van der Waals surface area contributed by atoms with Gasteiger partial charge in [-0.25, -0.2) is 0 Å². The number of unbranched alkanes of at least 4 members (excludes halogenated alkanes) is 3. The van der Waals surface area contributed by atoms with Gasteiger partial charge in [0.15, 0.2) is 0 Å². The minimum absolute atomic E-state index is 0.310. The molecular formula is C20H34O4. The van der Waals surface area contributed by atoms with E-state index in [2.05, 4.69) is 0 Å². The molecule has 4 heteroatoms. The number of fused-ring (bicyclic) bond motifs is 2. The van der Waals surface area contributed by atoms with Crippen molar-refractivity contribution in [1.29, 1.82) is 0 Å². The van der Waals surface area contributed by atoms with Crippen LogP contribution in [0.3, 0.4) is 0 Å². The molecule has 0 aromatic rings. The van der Waals surface area contributed by atoms with Crippen molar-refractivity contribution in [2.45, 2.75) is 102 Å². The first kappa shape index (κ1) is 18.2. The van der Waals surface area contributed by atoms with Crippen molar-refractivity contribution < 1.29 is 19.4 Å². The van der Waals surface area contributed by atoms with Gasteiger partial charge in [0.05, 0.1) is 18.3 Å². The summed E-state index contributed by atoms with van der Waals surface area (Å²) in [6.45, 7) is 0.937. The van der Waals surface area contributed by atoms with Crippen LogP contribution in [0.25, 0.3) is 0 Å². The average molecular weight is 338 g/mol. The molecule has 1 N–H and O–H groups in total. The maximum absolute atomic E-state index is 10.5. The third-order valence-corrected chi connectivity index (χ3v) is 6.28. The molecule has 4 nitrogen and oxygen atoms in total. The summed E-state index contributed by atoms with van der Waals surface area (Å²) in [7, 11) is 0. The normalized spacial score (nSPS) is 33.2. The Balaban J connectivity index is 1.37. The molecule has 2 heterocycles. The van der Waals surface area contributed by atoms with Crippen LogP contribution in [0, 0.1) is 11.8 Å². The van der Waals surface area contributed by atoms with E-state index in [9.17, 15) is 4.79 Å². The second kappa shape index (κ2) is 9.19. The fraction of sp³-hybridized carbons (Fsp3) is 0.950. The fourth-order valence-corrected chi connectivity index (χ4v) is 4.92. The van der Waals surface area contributed by atoms with Gasteiger partial charge < -0.3 is 14.6 Å². The van der Waals surface area contributed by atoms with Gasteiger partial charge in [-0.2, -0.15) is 0 Å². The largest absolute Gasteiger partial charge is 0.481 e. The molecule has 1 saturated carbocycles. The van der Waals surface area contributed by atoms with Crippen molar-refractivity contribution in [3.8, 4) is 0 Å². The molecule has 0 aromatic heterocycles. The number of aliphatic carboxylic acids is 1. The molecule has 0 amide bonds. The molecule has 0 spiro atoms. The molecule has 138 valence electrons. The second-order valence-electron chi connectivity index (χ2n) is 8.10. The fourth-order valence-electron chi connectivity index (χ4n) is 4.92. The molecule has 3 rings (SSSR count). The maximum atomic E-state index is 10.5. The van der Waals surface area contributed by atoms with E-state index < -0.39 is 5.97 Å². The molecule has 3 aliphatic rings. The van der Waals surface area contributed by atoms with E-state index in [1.807, 2.05) is 0 Å². The molecule has 0 radical (unpaired) electrons. The highest BCUT2D eigenvalue weighted by atomic mass is 16.6. The number of carboxylic acid groups (broad SMARTS) is 1. The number of hydrogen-bond donors (Lipinski definition) is 1. The second-order valence-corrected chi connectivity index (χ2v) is 8.10. The van der Waals surface area contributed by atoms with Crippen LogP contribution in [0.4, 0.5) is 0 Å². The standard InChI is InChI=1S/C20H34O4/c21-19(22)11-7-2-1-6-10-16-17-12-13-18(24-17)20(16)23-14-15-8-4-3-5-9-15/h15-18,20H,1-14H2,(H,21,22). The Hall–Kier alpha value is -0.610. The zero-order valence-corrected chi connectivity index (χ0v) is 15.0. The predicted octanol–water partition coefficient (Wildman–Crippen LogP) is 4.55. The van der Waals surface area contributed by atoms with Crippen molar-refractivity contribution in [3.05, 3.63) is 0 Å². The van der Waals surface area contributed by atoms with E-state index in [4.69, 9.17) is 14.6 Å². The van der Waals surface area contributed by atoms with Crippen LogP contribution in [0.5, 0.6) is 0 Å². The van der Waals surface area contributed by atoms with Crippen LogP contribution in [0.1, 0.15) is 83.5 Å². The molecule has 2 bridgehead atoms. The van der Waals surface area contributed by atoms with Crippen molar-refractivity contribution in [3.63, 3.8) is 0 Å². The summed E-state index contributed by atoms with van der Waals surface area (Å²) in [5, 5.41) is 8.68. The lowest BCUT2D eigenvalue weighted by atomic mass is 9.82. The van der Waals surface area contributed by atoms with Gasteiger partial charge in [0, 0.05) is 18.9 Å². The third-order valence-electron chi connectivity index (χ3n) is 6.28. The van der Waals surface area contributed by atoms with E-state index in [0.717, 1.165) is 31.8 Å². The third kappa shape index (κ3) is 4.95. The molecule has 0 aromatic carbocycles. The van der Waals surface area contributed by atoms with Crippen molar-refractivity contribution in [1.82, 2.24) is 0 Å². The Morgan fingerprint density at radius 1 is 0.958 bits per heavy atom. The zero-order valence-electron chi connectivity index (χ0n) is 15.0. The molecular weight excluding hydrogens is 304 g/mol. The van der Waals surface area contributed by atoms with E-state index in [1.54, 1.807) is 0 Å². The first-order valence-corrected chi connectivity index (χ1v) is 10.2. The summed E-state index contributed by atoms with van der Waals surface area (Å²) in [6.07, 6.45) is 16.0. The molecule has 24 heavy (non-hydrogen) atoms. The number of rotatable bonds is 10. The molecule has 2 saturated heterocycles. The van der Waals surface area contributed by atoms with Crippen molar-refractivity contribution in [2.75, 3.05) is 6.61 Å². The lowest BCUT2D eigenvalue weighted by Crippen LogP contribution is -2.36. The lowest BCUT2D eigenvalue weighted by molar-refractivity contribution is -0.137. The number of ether oxygens (including phenoxy) is 2. The molecule has 4 atom stereocenters. The Morgan fingerprint density at radius 2 is 1.71 bits per heavy atom. The highest BCUT2D eigenvalue weighted by Crippen LogP contribution is 2.43. The summed E-state index contributed by atoms with van der Waals surface area (Å²) in [4.78, 5) is 10.5. The topological polar surface area (TPSA) is 55.8 Å². The molecule has 3 fully saturated rings. The number of carboxylic acids is 1. The van der Waals surface area contributed by atoms with Crippen LogP contribution >= 0.6 is 0 Å². The van der Waals surface area contributed by atoms with Gasteiger partial charge in [-0.3, -0.25) is 4.79 Å². The summed E-state index contributed by atoms with van der Waals surface area (Å²) in [5.41, 5.74) is 0. The Kier molecular flexibility index (Phi) is 6.96. The summed E-state index contributed by atoms with van der Waals surface area (Å²) in [6, 6.07) is 0. The number of hydrogen-bond acceptors (Lipinski definition) is 3. The monoisotopic (exact) mass is 338 g/mol. The Labute approximate surface area is 146 Å². The smallest absolute Gasteiger partial charge is 0.303 e. The van der Waals surface area contributed by atoms with Gasteiger partial charge in [-0.1, -0.05) is 38.5 Å². The van der Waals surface area contributed by atoms with Gasteiger partial charge in [-0.15, -0.1) is 0 Å². The highest BCUT2D eigenvalue weighted by molar-refractivity contribution is 5.66. The summed E-state index contributed by atoms with van der Waals surface area (Å²) >= 11 is 0. The lowest BCUT2D eigenvalue weighted by Gasteiger charge is -2.30. The number of carbonyl (C=O) groups is 1. The van der Waals surface area contributed by atoms with Crippen LogP contribution in [-0.2, 0) is 14.3 Å². The van der Waals surface area contributed by atoms with Gasteiger partial charge >= 0.3 is 5.97 Å².